The molecule has 1 aliphatic rings. The monoisotopic (exact) mass is 387 g/mol. The summed E-state index contributed by atoms with van der Waals surface area (Å²) < 4.78 is 0. The van der Waals surface area contributed by atoms with Crippen LogP contribution in [0.4, 0.5) is 11.4 Å². The fourth-order valence-electron chi connectivity index (χ4n) is 3.44. The van der Waals surface area contributed by atoms with Crippen molar-refractivity contribution < 1.29 is 9.59 Å². The molecule has 2 aromatic carbocycles. The van der Waals surface area contributed by atoms with Crippen LogP contribution < -0.4 is 16.4 Å². The molecule has 0 aliphatic heterocycles. The van der Waals surface area contributed by atoms with E-state index in [1.165, 1.54) is 0 Å². The Bertz CT molecular complexity index is 795. The van der Waals surface area contributed by atoms with Crippen molar-refractivity contribution in [2.75, 3.05) is 10.6 Å². The molecule has 1 saturated carbocycles. The van der Waals surface area contributed by atoms with E-state index in [9.17, 15) is 9.59 Å². The Labute approximate surface area is 166 Å². The molecule has 3 rings (SSSR count). The van der Waals surface area contributed by atoms with E-state index in [0.29, 0.717) is 11.3 Å². The van der Waals surface area contributed by atoms with Gasteiger partial charge in [-0.25, -0.2) is 0 Å². The van der Waals surface area contributed by atoms with Gasteiger partial charge in [0.1, 0.15) is 0 Å². The highest BCUT2D eigenvalue weighted by Gasteiger charge is 2.26. The van der Waals surface area contributed by atoms with Gasteiger partial charge in [-0.3, -0.25) is 9.59 Å². The number of nitrogens with one attached hydrogen (secondary N) is 2. The van der Waals surface area contributed by atoms with Gasteiger partial charge in [0.2, 0.25) is 5.91 Å². The highest BCUT2D eigenvalue weighted by molar-refractivity contribution is 6.06. The first-order valence-corrected chi connectivity index (χ1v) is 9.07. The van der Waals surface area contributed by atoms with Crippen molar-refractivity contribution in [3.8, 4) is 0 Å². The third-order valence-corrected chi connectivity index (χ3v) is 4.95. The van der Waals surface area contributed by atoms with Crippen molar-refractivity contribution in [1.82, 2.24) is 0 Å². The zero-order chi connectivity index (χ0) is 18.5. The maximum Gasteiger partial charge on any atom is 0.256 e. The lowest BCUT2D eigenvalue weighted by atomic mass is 9.85. The SMILES string of the molecule is Cc1c(NC(=O)C2CCCC(N)C2)cccc1C(=O)Nc1ccccc1.Cl. The van der Waals surface area contributed by atoms with Crippen LogP contribution in [0, 0.1) is 12.8 Å². The average Bonchev–Trinajstić information content (AvgIpc) is 2.64. The maximum absolute atomic E-state index is 12.6. The summed E-state index contributed by atoms with van der Waals surface area (Å²) in [5.74, 6) is -0.256. The van der Waals surface area contributed by atoms with Gasteiger partial charge < -0.3 is 16.4 Å². The highest BCUT2D eigenvalue weighted by Crippen LogP contribution is 2.26. The number of carbonyl (C=O) groups is 2. The third kappa shape index (κ3) is 5.31. The molecule has 2 atom stereocenters. The molecule has 0 aromatic heterocycles. The maximum atomic E-state index is 12.6. The van der Waals surface area contributed by atoms with Crippen molar-refractivity contribution in [2.24, 2.45) is 11.7 Å². The van der Waals surface area contributed by atoms with E-state index in [0.717, 1.165) is 36.9 Å². The van der Waals surface area contributed by atoms with Gasteiger partial charge in [-0.2, -0.15) is 0 Å². The van der Waals surface area contributed by atoms with E-state index in [1.807, 2.05) is 43.3 Å². The summed E-state index contributed by atoms with van der Waals surface area (Å²) in [6.07, 6.45) is 3.56. The van der Waals surface area contributed by atoms with Gasteiger partial charge in [0.25, 0.3) is 5.91 Å². The van der Waals surface area contributed by atoms with Crippen molar-refractivity contribution in [3.63, 3.8) is 0 Å². The fraction of sp³-hybridized carbons (Fsp3) is 0.333. The number of benzene rings is 2. The van der Waals surface area contributed by atoms with Crippen LogP contribution in [-0.4, -0.2) is 17.9 Å². The quantitative estimate of drug-likeness (QED) is 0.737. The van der Waals surface area contributed by atoms with Crippen molar-refractivity contribution >= 4 is 35.6 Å². The van der Waals surface area contributed by atoms with E-state index < -0.39 is 0 Å². The summed E-state index contributed by atoms with van der Waals surface area (Å²) in [5.41, 5.74) is 8.71. The minimum absolute atomic E-state index is 0. The Morgan fingerprint density at radius 3 is 2.44 bits per heavy atom. The van der Waals surface area contributed by atoms with Crippen LogP contribution in [-0.2, 0) is 4.79 Å². The van der Waals surface area contributed by atoms with E-state index in [2.05, 4.69) is 10.6 Å². The normalized spacial score (nSPS) is 18.9. The fourth-order valence-corrected chi connectivity index (χ4v) is 3.44. The van der Waals surface area contributed by atoms with Gasteiger partial charge >= 0.3 is 0 Å². The lowest BCUT2D eigenvalue weighted by Crippen LogP contribution is -2.34. The first-order valence-electron chi connectivity index (χ1n) is 9.07. The summed E-state index contributed by atoms with van der Waals surface area (Å²) in [6.45, 7) is 1.85. The number of amides is 2. The minimum Gasteiger partial charge on any atom is -0.328 e. The summed E-state index contributed by atoms with van der Waals surface area (Å²) in [5, 5.41) is 5.87. The zero-order valence-electron chi connectivity index (χ0n) is 15.4. The Morgan fingerprint density at radius 1 is 1.00 bits per heavy atom. The average molecular weight is 388 g/mol. The van der Waals surface area contributed by atoms with Gasteiger partial charge in [0.05, 0.1) is 0 Å². The molecule has 0 spiro atoms. The Balaban J connectivity index is 0.00000261. The molecule has 6 heteroatoms. The Kier molecular flexibility index (Phi) is 7.39. The second-order valence-electron chi connectivity index (χ2n) is 6.91. The van der Waals surface area contributed by atoms with E-state index >= 15 is 0 Å². The predicted octanol–water partition coefficient (Wildman–Crippen LogP) is 4.13. The highest BCUT2D eigenvalue weighted by atomic mass is 35.5. The third-order valence-electron chi connectivity index (χ3n) is 4.95. The molecule has 2 amide bonds. The predicted molar refractivity (Wildman–Crippen MR) is 111 cm³/mol. The van der Waals surface area contributed by atoms with E-state index in [1.54, 1.807) is 12.1 Å². The smallest absolute Gasteiger partial charge is 0.256 e. The second kappa shape index (κ2) is 9.53. The summed E-state index contributed by atoms with van der Waals surface area (Å²) in [6, 6.07) is 14.8. The molecule has 27 heavy (non-hydrogen) atoms. The number of anilines is 2. The standard InChI is InChI=1S/C21H25N3O2.ClH/c1-14-18(21(26)23-17-9-3-2-4-10-17)11-6-12-19(14)24-20(25)15-7-5-8-16(22)13-15;/h2-4,6,9-12,15-16H,5,7-8,13,22H2,1H3,(H,23,26)(H,24,25);1H. The largest absolute Gasteiger partial charge is 0.328 e. The molecule has 5 nitrogen and oxygen atoms in total. The number of para-hydroxylation sites is 1. The number of hydrogen-bond acceptors (Lipinski definition) is 3. The van der Waals surface area contributed by atoms with Crippen LogP contribution in [0.3, 0.4) is 0 Å². The first-order chi connectivity index (χ1) is 12.5. The molecule has 2 unspecified atom stereocenters. The summed E-state index contributed by atoms with van der Waals surface area (Å²) in [7, 11) is 0. The van der Waals surface area contributed by atoms with Crippen LogP contribution in [0.2, 0.25) is 0 Å². The molecule has 0 radical (unpaired) electrons. The number of rotatable bonds is 4. The molecule has 2 aromatic rings. The minimum atomic E-state index is -0.190. The second-order valence-corrected chi connectivity index (χ2v) is 6.91. The van der Waals surface area contributed by atoms with Gasteiger partial charge in [-0.1, -0.05) is 30.7 Å². The summed E-state index contributed by atoms with van der Waals surface area (Å²) in [4.78, 5) is 25.1. The molecule has 1 fully saturated rings. The molecule has 0 heterocycles. The van der Waals surface area contributed by atoms with Crippen LogP contribution in [0.1, 0.15) is 41.6 Å². The molecule has 144 valence electrons. The lowest BCUT2D eigenvalue weighted by molar-refractivity contribution is -0.120. The number of nitrogens with two attached hydrogens (primary N) is 1. The van der Waals surface area contributed by atoms with Crippen LogP contribution in [0.25, 0.3) is 0 Å². The lowest BCUT2D eigenvalue weighted by Gasteiger charge is -2.26. The molecular formula is C21H26ClN3O2. The van der Waals surface area contributed by atoms with Crippen molar-refractivity contribution in [2.45, 2.75) is 38.6 Å². The molecule has 1 aliphatic carbocycles. The summed E-state index contributed by atoms with van der Waals surface area (Å²) >= 11 is 0. The molecule has 0 saturated heterocycles. The topological polar surface area (TPSA) is 84.2 Å². The Hall–Kier alpha value is -2.37. The number of carbonyl (C=O) groups excluding carboxylic acids is 2. The van der Waals surface area contributed by atoms with Crippen LogP contribution in [0.5, 0.6) is 0 Å². The van der Waals surface area contributed by atoms with Gasteiger partial charge in [0, 0.05) is 28.9 Å². The van der Waals surface area contributed by atoms with E-state index in [-0.39, 0.29) is 36.2 Å². The van der Waals surface area contributed by atoms with Gasteiger partial charge in [-0.15, -0.1) is 12.4 Å². The van der Waals surface area contributed by atoms with Crippen LogP contribution in [0.15, 0.2) is 48.5 Å². The van der Waals surface area contributed by atoms with Crippen molar-refractivity contribution in [3.05, 3.63) is 59.7 Å². The zero-order valence-corrected chi connectivity index (χ0v) is 16.2. The van der Waals surface area contributed by atoms with Crippen molar-refractivity contribution in [1.29, 1.82) is 0 Å². The number of hydrogen-bond donors (Lipinski definition) is 3. The van der Waals surface area contributed by atoms with E-state index in [4.69, 9.17) is 5.73 Å². The molecule has 0 bridgehead atoms. The van der Waals surface area contributed by atoms with Crippen LogP contribution >= 0.6 is 12.4 Å². The van der Waals surface area contributed by atoms with Gasteiger partial charge in [0.15, 0.2) is 0 Å². The Morgan fingerprint density at radius 2 is 1.74 bits per heavy atom. The molecule has 4 N–H and O–H groups in total. The molecular weight excluding hydrogens is 362 g/mol. The number of halogens is 1. The first kappa shape index (κ1) is 20.9. The van der Waals surface area contributed by atoms with Gasteiger partial charge in [-0.05, 0) is 56.0 Å².